The lowest BCUT2D eigenvalue weighted by molar-refractivity contribution is -0.144. The molecule has 4 rings (SSSR count). The van der Waals surface area contributed by atoms with E-state index in [2.05, 4.69) is 9.97 Å². The number of carboxylic acids is 1. The fourth-order valence-corrected chi connectivity index (χ4v) is 3.94. The Bertz CT molecular complexity index is 1110. The molecule has 1 saturated heterocycles. The molecule has 3 aromatic rings. The number of fused-ring (bicyclic) bond motifs is 1. The first-order chi connectivity index (χ1) is 13.9. The normalized spacial score (nSPS) is 19.4. The number of phenolic OH excluding ortho intramolecular Hbond substituents is 1. The van der Waals surface area contributed by atoms with Crippen LogP contribution in [-0.2, 0) is 4.79 Å². The predicted molar refractivity (Wildman–Crippen MR) is 103 cm³/mol. The summed E-state index contributed by atoms with van der Waals surface area (Å²) in [6, 6.07) is 5.25. The van der Waals surface area contributed by atoms with Crippen molar-refractivity contribution in [2.75, 3.05) is 12.3 Å². The lowest BCUT2D eigenvalue weighted by atomic mass is 9.97. The van der Waals surface area contributed by atoms with Crippen LogP contribution < -0.4 is 5.73 Å². The average molecular weight is 397 g/mol. The van der Waals surface area contributed by atoms with Gasteiger partial charge in [-0.1, -0.05) is 12.1 Å². The van der Waals surface area contributed by atoms with Crippen molar-refractivity contribution in [3.05, 3.63) is 36.8 Å². The number of piperidine rings is 1. The van der Waals surface area contributed by atoms with Crippen molar-refractivity contribution in [2.24, 2.45) is 0 Å². The number of benzene rings is 1. The number of nitrogens with two attached hydrogens (primary N) is 1. The SMILES string of the molecule is Nc1ncnc2c1c(-c1cccc(O)c1)cn2C1CCN(C(=O)O)C(C(=O)O)C1. The van der Waals surface area contributed by atoms with Crippen molar-refractivity contribution < 1.29 is 24.9 Å². The number of phenols is 1. The van der Waals surface area contributed by atoms with Gasteiger partial charge in [0, 0.05) is 24.3 Å². The number of hydrogen-bond donors (Lipinski definition) is 4. The predicted octanol–water partition coefficient (Wildman–Crippen LogP) is 2.15. The molecule has 0 saturated carbocycles. The van der Waals surface area contributed by atoms with Crippen LogP contribution in [0.15, 0.2) is 36.8 Å². The Labute approximate surface area is 164 Å². The van der Waals surface area contributed by atoms with Crippen molar-refractivity contribution in [3.8, 4) is 16.9 Å². The molecule has 0 spiro atoms. The van der Waals surface area contributed by atoms with Gasteiger partial charge in [-0.25, -0.2) is 19.6 Å². The first-order valence-corrected chi connectivity index (χ1v) is 8.99. The van der Waals surface area contributed by atoms with Crippen molar-refractivity contribution in [1.82, 2.24) is 19.4 Å². The number of nitrogens with zero attached hydrogens (tertiary/aromatic N) is 4. The van der Waals surface area contributed by atoms with Crippen LogP contribution in [0.2, 0.25) is 0 Å². The molecule has 1 aromatic carbocycles. The number of aromatic nitrogens is 3. The summed E-state index contributed by atoms with van der Waals surface area (Å²) in [6.07, 6.45) is 2.43. The summed E-state index contributed by atoms with van der Waals surface area (Å²) in [6.45, 7) is 0.0959. The molecule has 2 aromatic heterocycles. The molecule has 1 amide bonds. The largest absolute Gasteiger partial charge is 0.508 e. The van der Waals surface area contributed by atoms with E-state index >= 15 is 0 Å². The highest BCUT2D eigenvalue weighted by Crippen LogP contribution is 2.38. The minimum absolute atomic E-state index is 0.0959. The van der Waals surface area contributed by atoms with Gasteiger partial charge in [-0.15, -0.1) is 0 Å². The molecule has 150 valence electrons. The summed E-state index contributed by atoms with van der Waals surface area (Å²) < 4.78 is 1.84. The van der Waals surface area contributed by atoms with E-state index in [1.165, 1.54) is 6.33 Å². The van der Waals surface area contributed by atoms with Crippen LogP contribution in [0.25, 0.3) is 22.2 Å². The molecule has 0 aliphatic carbocycles. The molecule has 10 nitrogen and oxygen atoms in total. The van der Waals surface area contributed by atoms with E-state index in [-0.39, 0.29) is 30.6 Å². The summed E-state index contributed by atoms with van der Waals surface area (Å²) in [5, 5.41) is 29.3. The number of nitrogen functional groups attached to an aromatic ring is 1. The smallest absolute Gasteiger partial charge is 0.408 e. The Hall–Kier alpha value is -3.82. The topological polar surface area (TPSA) is 155 Å². The summed E-state index contributed by atoms with van der Waals surface area (Å²) in [5.41, 5.74) is 8.07. The quantitative estimate of drug-likeness (QED) is 0.524. The third-order valence-corrected chi connectivity index (χ3v) is 5.29. The molecule has 0 bridgehead atoms. The standard InChI is InChI=1S/C19H19N5O5/c20-16-15-13(10-2-1-3-12(25)6-10)8-24(17(15)22-9-21-16)11-4-5-23(19(28)29)14(7-11)18(26)27/h1-3,6,8-9,11,14,25H,4-5,7H2,(H,26,27)(H,28,29)(H2,20,21,22). The Kier molecular flexibility index (Phi) is 4.45. The van der Waals surface area contributed by atoms with Gasteiger partial charge in [-0.2, -0.15) is 0 Å². The maximum absolute atomic E-state index is 11.6. The Morgan fingerprint density at radius 2 is 2.00 bits per heavy atom. The second-order valence-corrected chi connectivity index (χ2v) is 6.97. The van der Waals surface area contributed by atoms with Gasteiger partial charge in [0.15, 0.2) is 0 Å². The van der Waals surface area contributed by atoms with Crippen LogP contribution in [0.5, 0.6) is 5.75 Å². The number of hydrogen-bond acceptors (Lipinski definition) is 6. The molecule has 3 heterocycles. The van der Waals surface area contributed by atoms with E-state index < -0.39 is 18.1 Å². The number of likely N-dealkylation sites (tertiary alicyclic amines) is 1. The Morgan fingerprint density at radius 3 is 2.69 bits per heavy atom. The summed E-state index contributed by atoms with van der Waals surface area (Å²) in [5.74, 6) is -0.819. The van der Waals surface area contributed by atoms with Gasteiger partial charge < -0.3 is 25.6 Å². The molecule has 2 atom stereocenters. The van der Waals surface area contributed by atoms with Gasteiger partial charge in [-0.3, -0.25) is 4.90 Å². The monoisotopic (exact) mass is 397 g/mol. The Balaban J connectivity index is 1.82. The maximum atomic E-state index is 11.6. The van der Waals surface area contributed by atoms with Crippen LogP contribution >= 0.6 is 0 Å². The van der Waals surface area contributed by atoms with Gasteiger partial charge in [0.2, 0.25) is 0 Å². The number of aliphatic carboxylic acids is 1. The number of amides is 1. The van der Waals surface area contributed by atoms with Crippen molar-refractivity contribution in [2.45, 2.75) is 24.9 Å². The lowest BCUT2D eigenvalue weighted by Gasteiger charge is -2.36. The van der Waals surface area contributed by atoms with Crippen LogP contribution in [0.4, 0.5) is 10.6 Å². The zero-order valence-electron chi connectivity index (χ0n) is 15.3. The van der Waals surface area contributed by atoms with Crippen molar-refractivity contribution in [3.63, 3.8) is 0 Å². The van der Waals surface area contributed by atoms with Crippen LogP contribution in [0.1, 0.15) is 18.9 Å². The van der Waals surface area contributed by atoms with Gasteiger partial charge in [0.1, 0.15) is 29.6 Å². The molecule has 10 heteroatoms. The van der Waals surface area contributed by atoms with Crippen LogP contribution in [0.3, 0.4) is 0 Å². The van der Waals surface area contributed by atoms with E-state index in [1.54, 1.807) is 18.2 Å². The zero-order chi connectivity index (χ0) is 20.7. The highest BCUT2D eigenvalue weighted by Gasteiger charge is 2.37. The van der Waals surface area contributed by atoms with E-state index in [0.29, 0.717) is 28.6 Å². The molecule has 1 aliphatic heterocycles. The maximum Gasteiger partial charge on any atom is 0.408 e. The van der Waals surface area contributed by atoms with E-state index in [4.69, 9.17) is 5.73 Å². The molecular formula is C19H19N5O5. The number of carbonyl (C=O) groups is 2. The summed E-state index contributed by atoms with van der Waals surface area (Å²) in [7, 11) is 0. The second-order valence-electron chi connectivity index (χ2n) is 6.97. The summed E-state index contributed by atoms with van der Waals surface area (Å²) >= 11 is 0. The minimum atomic E-state index is -1.25. The number of carboxylic acid groups (broad SMARTS) is 2. The highest BCUT2D eigenvalue weighted by atomic mass is 16.4. The molecule has 29 heavy (non-hydrogen) atoms. The molecule has 5 N–H and O–H groups in total. The third kappa shape index (κ3) is 3.18. The fraction of sp³-hybridized carbons (Fsp3) is 0.263. The molecular weight excluding hydrogens is 378 g/mol. The number of anilines is 1. The molecule has 0 radical (unpaired) electrons. The van der Waals surface area contributed by atoms with E-state index in [1.807, 2.05) is 16.8 Å². The molecule has 2 unspecified atom stereocenters. The minimum Gasteiger partial charge on any atom is -0.508 e. The first-order valence-electron chi connectivity index (χ1n) is 8.99. The molecule has 1 aliphatic rings. The van der Waals surface area contributed by atoms with Crippen LogP contribution in [-0.4, -0.2) is 59.4 Å². The van der Waals surface area contributed by atoms with Crippen LogP contribution in [0, 0.1) is 0 Å². The zero-order valence-corrected chi connectivity index (χ0v) is 15.3. The van der Waals surface area contributed by atoms with Crippen molar-refractivity contribution >= 4 is 28.9 Å². The fourth-order valence-electron chi connectivity index (χ4n) is 3.94. The highest BCUT2D eigenvalue weighted by molar-refractivity contribution is 6.00. The van der Waals surface area contributed by atoms with E-state index in [9.17, 15) is 24.9 Å². The number of rotatable bonds is 3. The van der Waals surface area contributed by atoms with Gasteiger partial charge in [0.25, 0.3) is 0 Å². The Morgan fingerprint density at radius 1 is 1.21 bits per heavy atom. The lowest BCUT2D eigenvalue weighted by Crippen LogP contribution is -2.49. The van der Waals surface area contributed by atoms with Gasteiger partial charge >= 0.3 is 12.1 Å². The van der Waals surface area contributed by atoms with E-state index in [0.717, 1.165) is 4.90 Å². The van der Waals surface area contributed by atoms with Gasteiger partial charge in [0.05, 0.1) is 5.39 Å². The van der Waals surface area contributed by atoms with Crippen molar-refractivity contribution in [1.29, 1.82) is 0 Å². The first kappa shape index (κ1) is 18.5. The summed E-state index contributed by atoms with van der Waals surface area (Å²) in [4.78, 5) is 32.4. The second kappa shape index (κ2) is 6.97. The molecule has 1 fully saturated rings. The number of aromatic hydroxyl groups is 1. The van der Waals surface area contributed by atoms with Gasteiger partial charge in [-0.05, 0) is 30.5 Å². The third-order valence-electron chi connectivity index (χ3n) is 5.29. The average Bonchev–Trinajstić information content (AvgIpc) is 3.08.